The monoisotopic (exact) mass is 242 g/mol. The van der Waals surface area contributed by atoms with Gasteiger partial charge in [-0.25, -0.2) is 0 Å². The molecule has 0 saturated carbocycles. The second-order valence-corrected chi connectivity index (χ2v) is 3.30. The van der Waals surface area contributed by atoms with E-state index in [0.29, 0.717) is 6.04 Å². The highest BCUT2D eigenvalue weighted by molar-refractivity contribution is 14.1. The summed E-state index contributed by atoms with van der Waals surface area (Å²) < 4.78 is 1.18. The van der Waals surface area contributed by atoms with Crippen LogP contribution in [0.3, 0.4) is 0 Å². The summed E-state index contributed by atoms with van der Waals surface area (Å²) in [7, 11) is 0. The second kappa shape index (κ2) is 6.77. The molecule has 9 heavy (non-hydrogen) atoms. The van der Waals surface area contributed by atoms with Crippen molar-refractivity contribution in [1.29, 1.82) is 0 Å². The molecule has 2 nitrogen and oxygen atoms in total. The molecule has 0 aliphatic rings. The van der Waals surface area contributed by atoms with E-state index in [9.17, 15) is 0 Å². The van der Waals surface area contributed by atoms with Crippen molar-refractivity contribution < 1.29 is 0 Å². The van der Waals surface area contributed by atoms with E-state index in [1.54, 1.807) is 0 Å². The van der Waals surface area contributed by atoms with E-state index in [1.165, 1.54) is 4.43 Å². The van der Waals surface area contributed by atoms with Crippen molar-refractivity contribution >= 4 is 22.6 Å². The van der Waals surface area contributed by atoms with Gasteiger partial charge in [0.05, 0.1) is 0 Å². The summed E-state index contributed by atoms with van der Waals surface area (Å²) in [5.41, 5.74) is 0. The molecule has 3 heteroatoms. The molecule has 0 spiro atoms. The largest absolute Gasteiger partial charge is 0.304 e. The van der Waals surface area contributed by atoms with Crippen LogP contribution in [0.1, 0.15) is 13.8 Å². The lowest BCUT2D eigenvalue weighted by Gasteiger charge is -2.07. The van der Waals surface area contributed by atoms with Gasteiger partial charge in [0.25, 0.3) is 0 Å². The van der Waals surface area contributed by atoms with Gasteiger partial charge in [-0.1, -0.05) is 22.6 Å². The Bertz CT molecular complexity index is 57.0. The number of halogens is 1. The summed E-state index contributed by atoms with van der Waals surface area (Å²) in [6, 6.07) is 0.590. The molecule has 0 fully saturated rings. The Morgan fingerprint density at radius 3 is 2.56 bits per heavy atom. The fraction of sp³-hybridized carbons (Fsp3) is 1.00. The highest BCUT2D eigenvalue weighted by Crippen LogP contribution is 1.75. The molecule has 0 bridgehead atoms. The number of alkyl halides is 1. The second-order valence-electron chi connectivity index (χ2n) is 2.22. The Labute approximate surface area is 70.9 Å². The van der Waals surface area contributed by atoms with Crippen LogP contribution in [-0.4, -0.2) is 23.7 Å². The van der Waals surface area contributed by atoms with Crippen LogP contribution in [0.2, 0.25) is 0 Å². The molecule has 0 aromatic carbocycles. The van der Waals surface area contributed by atoms with Crippen LogP contribution < -0.4 is 10.6 Å². The average Bonchev–Trinajstić information content (AvgIpc) is 1.80. The van der Waals surface area contributed by atoms with Gasteiger partial charge in [-0.3, -0.25) is 0 Å². The Hall–Kier alpha value is 0.650. The van der Waals surface area contributed by atoms with Crippen LogP contribution in [0.5, 0.6) is 0 Å². The Balaban J connectivity index is 2.75. The first-order valence-electron chi connectivity index (χ1n) is 3.27. The molecule has 0 aliphatic heterocycles. The summed E-state index contributed by atoms with van der Waals surface area (Å²) in [6.07, 6.45) is 0. The van der Waals surface area contributed by atoms with Gasteiger partial charge in [-0.2, -0.15) is 0 Å². The van der Waals surface area contributed by atoms with Crippen molar-refractivity contribution in [3.63, 3.8) is 0 Å². The standard InChI is InChI=1S/C6H15IN2/c1-6(2)9-5-8-4-3-7/h6,8-9H,3-5H2,1-2H3. The normalized spacial score (nSPS) is 10.7. The smallest absolute Gasteiger partial charge is 0.0456 e. The molecule has 56 valence electrons. The van der Waals surface area contributed by atoms with Crippen LogP contribution >= 0.6 is 22.6 Å². The summed E-state index contributed by atoms with van der Waals surface area (Å²) in [5.74, 6) is 0. The van der Waals surface area contributed by atoms with Crippen molar-refractivity contribution in [2.75, 3.05) is 17.6 Å². The predicted octanol–water partition coefficient (Wildman–Crippen LogP) is 0.966. The molecule has 0 saturated heterocycles. The van der Waals surface area contributed by atoms with Gasteiger partial charge in [0, 0.05) is 23.7 Å². The lowest BCUT2D eigenvalue weighted by Crippen LogP contribution is -2.34. The zero-order valence-corrected chi connectivity index (χ0v) is 8.23. The molecule has 0 aromatic rings. The third-order valence-corrected chi connectivity index (χ3v) is 1.45. The van der Waals surface area contributed by atoms with Crippen LogP contribution in [0.15, 0.2) is 0 Å². The van der Waals surface area contributed by atoms with E-state index in [2.05, 4.69) is 47.1 Å². The number of rotatable bonds is 5. The molecule has 0 atom stereocenters. The zero-order valence-electron chi connectivity index (χ0n) is 6.08. The van der Waals surface area contributed by atoms with E-state index in [4.69, 9.17) is 0 Å². The summed E-state index contributed by atoms with van der Waals surface area (Å²) >= 11 is 2.35. The minimum Gasteiger partial charge on any atom is -0.304 e. The lowest BCUT2D eigenvalue weighted by molar-refractivity contribution is 0.539. The summed E-state index contributed by atoms with van der Waals surface area (Å²) in [5, 5.41) is 6.51. The number of hydrogen-bond donors (Lipinski definition) is 2. The molecule has 0 rings (SSSR count). The van der Waals surface area contributed by atoms with Gasteiger partial charge < -0.3 is 10.6 Å². The first-order valence-corrected chi connectivity index (χ1v) is 4.80. The molecule has 0 heterocycles. The van der Waals surface area contributed by atoms with E-state index >= 15 is 0 Å². The summed E-state index contributed by atoms with van der Waals surface area (Å²) in [6.45, 7) is 6.32. The van der Waals surface area contributed by atoms with Crippen LogP contribution in [0.25, 0.3) is 0 Å². The first-order chi connectivity index (χ1) is 4.27. The highest BCUT2D eigenvalue weighted by Gasteiger charge is 1.87. The van der Waals surface area contributed by atoms with Crippen LogP contribution in [0.4, 0.5) is 0 Å². The average molecular weight is 242 g/mol. The molecular formula is C6H15IN2. The lowest BCUT2D eigenvalue weighted by atomic mass is 10.4. The quantitative estimate of drug-likeness (QED) is 0.325. The molecular weight excluding hydrogens is 227 g/mol. The SMILES string of the molecule is CC(C)NCNCCI. The van der Waals surface area contributed by atoms with Crippen LogP contribution in [0, 0.1) is 0 Å². The molecule has 0 unspecified atom stereocenters. The maximum atomic E-state index is 3.27. The molecule has 2 N–H and O–H groups in total. The maximum absolute atomic E-state index is 3.27. The maximum Gasteiger partial charge on any atom is 0.0456 e. The molecule has 0 aliphatic carbocycles. The van der Waals surface area contributed by atoms with Crippen molar-refractivity contribution in [3.8, 4) is 0 Å². The Kier molecular flexibility index (Phi) is 7.25. The zero-order chi connectivity index (χ0) is 7.11. The number of nitrogens with one attached hydrogen (secondary N) is 2. The van der Waals surface area contributed by atoms with E-state index < -0.39 is 0 Å². The van der Waals surface area contributed by atoms with Crippen LogP contribution in [-0.2, 0) is 0 Å². The van der Waals surface area contributed by atoms with Crippen molar-refractivity contribution in [3.05, 3.63) is 0 Å². The van der Waals surface area contributed by atoms with Gasteiger partial charge in [0.1, 0.15) is 0 Å². The van der Waals surface area contributed by atoms with E-state index in [1.807, 2.05) is 0 Å². The molecule has 0 radical (unpaired) electrons. The van der Waals surface area contributed by atoms with Crippen molar-refractivity contribution in [2.45, 2.75) is 19.9 Å². The fourth-order valence-electron chi connectivity index (χ4n) is 0.431. The first kappa shape index (κ1) is 9.65. The minimum atomic E-state index is 0.590. The molecule has 0 aromatic heterocycles. The predicted molar refractivity (Wildman–Crippen MR) is 50.0 cm³/mol. The summed E-state index contributed by atoms with van der Waals surface area (Å²) in [4.78, 5) is 0. The number of hydrogen-bond acceptors (Lipinski definition) is 2. The van der Waals surface area contributed by atoms with Crippen molar-refractivity contribution in [1.82, 2.24) is 10.6 Å². The van der Waals surface area contributed by atoms with Crippen molar-refractivity contribution in [2.24, 2.45) is 0 Å². The Morgan fingerprint density at radius 2 is 2.11 bits per heavy atom. The van der Waals surface area contributed by atoms with E-state index in [0.717, 1.165) is 13.2 Å². The third-order valence-electron chi connectivity index (χ3n) is 0.907. The highest BCUT2D eigenvalue weighted by atomic mass is 127. The van der Waals surface area contributed by atoms with E-state index in [-0.39, 0.29) is 0 Å². The van der Waals surface area contributed by atoms with Gasteiger partial charge in [-0.05, 0) is 13.8 Å². The van der Waals surface area contributed by atoms with Gasteiger partial charge in [0.15, 0.2) is 0 Å². The van der Waals surface area contributed by atoms with Gasteiger partial charge in [0.2, 0.25) is 0 Å². The minimum absolute atomic E-state index is 0.590. The van der Waals surface area contributed by atoms with Gasteiger partial charge >= 0.3 is 0 Å². The Morgan fingerprint density at radius 1 is 1.44 bits per heavy atom. The molecule has 0 amide bonds. The fourth-order valence-corrected chi connectivity index (χ4v) is 0.813. The van der Waals surface area contributed by atoms with Gasteiger partial charge in [-0.15, -0.1) is 0 Å². The third kappa shape index (κ3) is 8.65. The topological polar surface area (TPSA) is 24.1 Å².